The molecule has 0 saturated heterocycles. The van der Waals surface area contributed by atoms with Gasteiger partial charge in [0, 0.05) is 12.9 Å². The van der Waals surface area contributed by atoms with Gasteiger partial charge in [-0.05, 0) is 14.6 Å². The Morgan fingerprint density at radius 3 is 1.61 bits per heavy atom. The third-order valence-corrected chi connectivity index (χ3v) is 10.9. The fraction of sp³-hybridized carbons (Fsp3) is 1.00. The molecule has 0 aromatic rings. The van der Waals surface area contributed by atoms with Crippen molar-refractivity contribution < 1.29 is 29.3 Å². The summed E-state index contributed by atoms with van der Waals surface area (Å²) in [7, 11) is -12.7. The minimum atomic E-state index is -5.68. The Morgan fingerprint density at radius 1 is 1.00 bits per heavy atom. The van der Waals surface area contributed by atoms with E-state index in [0.29, 0.717) is 0 Å². The van der Waals surface area contributed by atoms with E-state index in [-0.39, 0.29) is 23.9 Å². The molecule has 112 valence electrons. The second-order valence-corrected chi connectivity index (χ2v) is 10.3. The van der Waals surface area contributed by atoms with Crippen LogP contribution in [0.3, 0.4) is 0 Å². The largest absolute Gasteiger partial charge is 0.398 e. The lowest BCUT2D eigenvalue weighted by molar-refractivity contribution is 0.218. The van der Waals surface area contributed by atoms with Crippen molar-refractivity contribution in [3.63, 3.8) is 0 Å². The smallest absolute Gasteiger partial charge is 0.384 e. The molecule has 0 aliphatic carbocycles. The molecule has 0 N–H and O–H groups in total. The van der Waals surface area contributed by atoms with Gasteiger partial charge in [-0.2, -0.15) is 27.0 Å². The number of halogens is 2. The minimum Gasteiger partial charge on any atom is -0.384 e. The van der Waals surface area contributed by atoms with Crippen LogP contribution in [0, 0.1) is 0 Å². The van der Waals surface area contributed by atoms with Crippen LogP contribution in [0.15, 0.2) is 0 Å². The molecule has 0 saturated carbocycles. The van der Waals surface area contributed by atoms with E-state index in [1.54, 1.807) is 0 Å². The second-order valence-electron chi connectivity index (χ2n) is 3.32. The molecule has 0 atom stereocenters. The van der Waals surface area contributed by atoms with E-state index in [0.717, 1.165) is 0 Å². The Kier molecular flexibility index (Phi) is 6.47. The lowest BCUT2D eigenvalue weighted by atomic mass is 10.9. The number of methoxy groups -OCH3 is 1. The van der Waals surface area contributed by atoms with Crippen LogP contribution >= 0.6 is 10.2 Å². The Balaban J connectivity index is 5.80. The average molecular weight is 329 g/mol. The van der Waals surface area contributed by atoms with Gasteiger partial charge in [0.15, 0.2) is 0 Å². The molecule has 18 heavy (non-hydrogen) atoms. The summed E-state index contributed by atoms with van der Waals surface area (Å²) in [6.07, 6.45) is 0. The van der Waals surface area contributed by atoms with Gasteiger partial charge in [-0.1, -0.05) is 21.6 Å². The maximum absolute atomic E-state index is 13.1. The highest BCUT2D eigenvalue weighted by molar-refractivity contribution is 8.40. The predicted molar refractivity (Wildman–Crippen MR) is 67.3 cm³/mol. The number of hydrogen-bond donors (Lipinski definition) is 0. The predicted octanol–water partition coefficient (Wildman–Crippen LogP) is 1.12. The quantitative estimate of drug-likeness (QED) is 0.624. The van der Waals surface area contributed by atoms with Crippen molar-refractivity contribution in [2.75, 3.05) is 31.0 Å². The van der Waals surface area contributed by atoms with E-state index in [2.05, 4.69) is 0 Å². The summed E-state index contributed by atoms with van der Waals surface area (Å²) in [5.41, 5.74) is 0. The maximum Gasteiger partial charge on any atom is 0.398 e. The molecule has 0 aliphatic rings. The Hall–Kier alpha value is 0.0300. The number of nitrogens with zero attached hydrogens (tertiary/aromatic N) is 1. The molecule has 0 unspecified atom stereocenters. The van der Waals surface area contributed by atoms with Crippen LogP contribution in [0.25, 0.3) is 0 Å². The molecule has 0 aromatic heterocycles. The van der Waals surface area contributed by atoms with Crippen LogP contribution in [0.5, 0.6) is 0 Å². The van der Waals surface area contributed by atoms with Crippen LogP contribution in [0.4, 0.5) is 7.77 Å². The van der Waals surface area contributed by atoms with Gasteiger partial charge in [-0.25, -0.2) is 0 Å². The zero-order valence-electron chi connectivity index (χ0n) is 10.3. The maximum atomic E-state index is 13.1. The average Bonchev–Trinajstić information content (AvgIpc) is 2.20. The summed E-state index contributed by atoms with van der Waals surface area (Å²) >= 11 is 0. The zero-order valence-corrected chi connectivity index (χ0v) is 12.7. The monoisotopic (exact) mass is 329 g/mol. The fourth-order valence-electron chi connectivity index (χ4n) is 1.50. The van der Waals surface area contributed by atoms with Crippen molar-refractivity contribution in [1.82, 2.24) is 3.12 Å². The number of hydrogen-bond acceptors (Lipinski definition) is 5. The summed E-state index contributed by atoms with van der Waals surface area (Å²) in [4.78, 5) is 0. The lowest BCUT2D eigenvalue weighted by Crippen LogP contribution is -2.39. The first-order chi connectivity index (χ1) is 8.05. The van der Waals surface area contributed by atoms with Crippen LogP contribution in [0.2, 0.25) is 0 Å². The lowest BCUT2D eigenvalue weighted by Gasteiger charge is -2.41. The van der Waals surface area contributed by atoms with E-state index in [4.69, 9.17) is 4.74 Å². The highest BCUT2D eigenvalue weighted by Crippen LogP contribution is 2.54. The van der Waals surface area contributed by atoms with E-state index in [1.807, 2.05) is 0 Å². The second kappa shape index (κ2) is 6.46. The van der Waals surface area contributed by atoms with Crippen molar-refractivity contribution in [2.24, 2.45) is 0 Å². The molecule has 6 nitrogen and oxygen atoms in total. The van der Waals surface area contributed by atoms with E-state index in [9.17, 15) is 24.6 Å². The highest BCUT2D eigenvalue weighted by Gasteiger charge is 2.46. The molecule has 0 aliphatic heterocycles. The summed E-state index contributed by atoms with van der Waals surface area (Å²) in [6, 6.07) is 0. The number of rotatable bonds is 8. The topological polar surface area (TPSA) is 80.8 Å². The third kappa shape index (κ3) is 4.30. The summed E-state index contributed by atoms with van der Waals surface area (Å²) in [5, 5.41) is 0. The van der Waals surface area contributed by atoms with Crippen molar-refractivity contribution in [3.8, 4) is 0 Å². The fourth-order valence-corrected chi connectivity index (χ4v) is 9.12. The summed E-state index contributed by atoms with van der Waals surface area (Å²) < 4.78 is 74.0. The normalized spacial score (nSPS) is 15.0. The molecule has 0 fully saturated rings. The van der Waals surface area contributed by atoms with Gasteiger partial charge >= 0.3 is 20.8 Å². The highest BCUT2D eigenvalue weighted by atomic mass is 32.4. The van der Waals surface area contributed by atoms with Crippen LogP contribution in [0.1, 0.15) is 13.8 Å². The first kappa shape index (κ1) is 18.0. The Morgan fingerprint density at radius 2 is 1.39 bits per heavy atom. The van der Waals surface area contributed by atoms with E-state index < -0.39 is 34.1 Å². The molecule has 0 spiro atoms. The van der Waals surface area contributed by atoms with Crippen molar-refractivity contribution in [1.29, 1.82) is 0 Å². The van der Waals surface area contributed by atoms with Gasteiger partial charge in [0.2, 0.25) is 0 Å². The van der Waals surface area contributed by atoms with Gasteiger partial charge in [0.1, 0.15) is 0 Å². The van der Waals surface area contributed by atoms with Crippen LogP contribution in [-0.4, -0.2) is 50.9 Å². The first-order valence-corrected chi connectivity index (χ1v) is 9.78. The molecule has 0 amide bonds. The van der Waals surface area contributed by atoms with E-state index in [1.165, 1.54) is 21.0 Å². The van der Waals surface area contributed by atoms with Gasteiger partial charge in [0.25, 0.3) is 0 Å². The molecular weight excluding hydrogens is 312 g/mol. The molecule has 0 radical (unpaired) electrons. The van der Waals surface area contributed by atoms with Crippen molar-refractivity contribution >= 4 is 31.0 Å². The van der Waals surface area contributed by atoms with Gasteiger partial charge < -0.3 is 4.74 Å². The molecule has 0 rings (SSSR count). The molecular formula is C7H17F2NO5S3. The third-order valence-electron chi connectivity index (χ3n) is 2.41. The van der Waals surface area contributed by atoms with Crippen LogP contribution < -0.4 is 0 Å². The molecule has 11 heteroatoms. The van der Waals surface area contributed by atoms with Gasteiger partial charge in [-0.3, -0.25) is 0 Å². The first-order valence-electron chi connectivity index (χ1n) is 5.00. The zero-order chi connectivity index (χ0) is 14.6. The molecule has 0 heterocycles. The Bertz CT molecular complexity index is 427. The standard InChI is InChI=1S/C7H17F2NO5S3/c1-4-16(5-2,7-6-15-3)10(17(8,11)12)18(9,13)14/h4-7H2,1-3H3. The van der Waals surface area contributed by atoms with Crippen molar-refractivity contribution in [3.05, 3.63) is 0 Å². The van der Waals surface area contributed by atoms with Crippen molar-refractivity contribution in [2.45, 2.75) is 13.8 Å². The molecule has 0 bridgehead atoms. The molecule has 0 aromatic carbocycles. The van der Waals surface area contributed by atoms with Gasteiger partial charge in [0.05, 0.1) is 6.61 Å². The summed E-state index contributed by atoms with van der Waals surface area (Å²) in [6.45, 7) is 2.98. The number of ether oxygens (including phenoxy) is 1. The van der Waals surface area contributed by atoms with E-state index >= 15 is 0 Å². The van der Waals surface area contributed by atoms with Crippen LogP contribution in [-0.2, 0) is 25.6 Å². The minimum absolute atomic E-state index is 0.0125. The SMILES string of the molecule is CCS(CC)(CCOC)N(S(=O)(=O)F)S(=O)(=O)F. The Labute approximate surface area is 108 Å². The summed E-state index contributed by atoms with van der Waals surface area (Å²) in [5.74, 6) is -0.0267. The van der Waals surface area contributed by atoms with Gasteiger partial charge in [-0.15, -0.1) is 0 Å².